The zero-order valence-electron chi connectivity index (χ0n) is 10.1. The largest absolute Gasteiger partial charge is 0.481 e. The molecule has 0 aliphatic heterocycles. The maximum absolute atomic E-state index is 11.5. The van der Waals surface area contributed by atoms with E-state index < -0.39 is 5.97 Å². The van der Waals surface area contributed by atoms with Crippen molar-refractivity contribution < 1.29 is 14.7 Å². The van der Waals surface area contributed by atoms with Gasteiger partial charge in [0.15, 0.2) is 0 Å². The monoisotopic (exact) mass is 256 g/mol. The Morgan fingerprint density at radius 3 is 2.53 bits per heavy atom. The van der Waals surface area contributed by atoms with E-state index in [1.807, 2.05) is 20.8 Å². The molecule has 0 bridgehead atoms. The zero-order chi connectivity index (χ0) is 13.0. The molecule has 17 heavy (non-hydrogen) atoms. The summed E-state index contributed by atoms with van der Waals surface area (Å²) in [5.74, 6) is -1.22. The van der Waals surface area contributed by atoms with Crippen LogP contribution in [-0.2, 0) is 9.59 Å². The van der Waals surface area contributed by atoms with Crippen LogP contribution in [0, 0.1) is 13.8 Å². The van der Waals surface area contributed by atoms with Gasteiger partial charge in [-0.25, -0.2) is 4.98 Å². The van der Waals surface area contributed by atoms with Gasteiger partial charge in [0.05, 0.1) is 23.2 Å². The molecule has 5 nitrogen and oxygen atoms in total. The van der Waals surface area contributed by atoms with Crippen molar-refractivity contribution in [1.29, 1.82) is 0 Å². The van der Waals surface area contributed by atoms with Crippen molar-refractivity contribution in [3.05, 3.63) is 15.6 Å². The van der Waals surface area contributed by atoms with Crippen LogP contribution >= 0.6 is 11.3 Å². The van der Waals surface area contributed by atoms with Crippen LogP contribution in [0.25, 0.3) is 0 Å². The predicted molar refractivity (Wildman–Crippen MR) is 65.0 cm³/mol. The molecular weight excluding hydrogens is 240 g/mol. The number of hydrogen-bond donors (Lipinski definition) is 2. The van der Waals surface area contributed by atoms with Gasteiger partial charge in [0.25, 0.3) is 0 Å². The van der Waals surface area contributed by atoms with Crippen molar-refractivity contribution in [1.82, 2.24) is 10.3 Å². The Hall–Kier alpha value is -1.43. The summed E-state index contributed by atoms with van der Waals surface area (Å²) in [6.07, 6.45) is -0.143. The first-order chi connectivity index (χ1) is 7.90. The molecule has 0 saturated heterocycles. The normalized spacial score (nSPS) is 12.2. The molecule has 6 heteroatoms. The SMILES string of the molecule is Cc1nc([C@@H](C)NC(=O)CCC(=O)O)c(C)s1. The second kappa shape index (κ2) is 5.77. The van der Waals surface area contributed by atoms with Crippen LogP contribution < -0.4 is 5.32 Å². The third-order valence-electron chi connectivity index (χ3n) is 2.29. The van der Waals surface area contributed by atoms with Gasteiger partial charge in [-0.1, -0.05) is 0 Å². The molecule has 1 aromatic heterocycles. The molecule has 1 amide bonds. The Morgan fingerprint density at radius 2 is 2.06 bits per heavy atom. The number of amides is 1. The molecule has 0 aliphatic rings. The molecule has 1 rings (SSSR count). The maximum atomic E-state index is 11.5. The first-order valence-electron chi connectivity index (χ1n) is 5.35. The Kier molecular flexibility index (Phi) is 4.62. The van der Waals surface area contributed by atoms with Crippen molar-refractivity contribution in [2.75, 3.05) is 0 Å². The van der Waals surface area contributed by atoms with Gasteiger partial charge >= 0.3 is 5.97 Å². The lowest BCUT2D eigenvalue weighted by molar-refractivity contribution is -0.138. The van der Waals surface area contributed by atoms with Gasteiger partial charge in [-0.15, -0.1) is 11.3 Å². The summed E-state index contributed by atoms with van der Waals surface area (Å²) in [7, 11) is 0. The molecule has 1 atom stereocenters. The number of thiazole rings is 1. The highest BCUT2D eigenvalue weighted by Crippen LogP contribution is 2.22. The summed E-state index contributed by atoms with van der Waals surface area (Å²) in [4.78, 5) is 27.2. The number of nitrogens with one attached hydrogen (secondary N) is 1. The molecule has 1 aromatic rings. The van der Waals surface area contributed by atoms with E-state index >= 15 is 0 Å². The summed E-state index contributed by atoms with van der Waals surface area (Å²) < 4.78 is 0. The first-order valence-corrected chi connectivity index (χ1v) is 6.17. The molecular formula is C11H16N2O3S. The Balaban J connectivity index is 2.54. The van der Waals surface area contributed by atoms with Gasteiger partial charge in [0.2, 0.25) is 5.91 Å². The molecule has 0 unspecified atom stereocenters. The summed E-state index contributed by atoms with van der Waals surface area (Å²) in [5.41, 5.74) is 0.858. The number of carboxylic acid groups (broad SMARTS) is 1. The van der Waals surface area contributed by atoms with E-state index in [0.717, 1.165) is 15.6 Å². The number of aliphatic carboxylic acids is 1. The average Bonchev–Trinajstić information content (AvgIpc) is 2.55. The van der Waals surface area contributed by atoms with E-state index in [1.165, 1.54) is 0 Å². The van der Waals surface area contributed by atoms with Crippen molar-refractivity contribution in [2.45, 2.75) is 39.7 Å². The number of aromatic nitrogens is 1. The molecule has 2 N–H and O–H groups in total. The summed E-state index contributed by atoms with van der Waals surface area (Å²) in [5, 5.41) is 12.2. The van der Waals surface area contributed by atoms with Crippen LogP contribution in [0.1, 0.15) is 41.4 Å². The fraction of sp³-hybridized carbons (Fsp3) is 0.545. The lowest BCUT2D eigenvalue weighted by Gasteiger charge is -2.12. The highest BCUT2D eigenvalue weighted by atomic mass is 32.1. The van der Waals surface area contributed by atoms with Crippen LogP contribution in [-0.4, -0.2) is 22.0 Å². The minimum absolute atomic E-state index is 0.00183. The van der Waals surface area contributed by atoms with Gasteiger partial charge in [-0.2, -0.15) is 0 Å². The second-order valence-corrected chi connectivity index (χ2v) is 5.26. The van der Waals surface area contributed by atoms with Crippen molar-refractivity contribution in [2.24, 2.45) is 0 Å². The fourth-order valence-corrected chi connectivity index (χ4v) is 2.46. The minimum atomic E-state index is -0.964. The van der Waals surface area contributed by atoms with Crippen LogP contribution in [0.5, 0.6) is 0 Å². The second-order valence-electron chi connectivity index (χ2n) is 3.86. The molecule has 0 aromatic carbocycles. The summed E-state index contributed by atoms with van der Waals surface area (Å²) in [6, 6.07) is -0.179. The molecule has 0 fully saturated rings. The lowest BCUT2D eigenvalue weighted by Crippen LogP contribution is -2.27. The number of nitrogens with zero attached hydrogens (tertiary/aromatic N) is 1. The van der Waals surface area contributed by atoms with Gasteiger partial charge in [0.1, 0.15) is 0 Å². The Morgan fingerprint density at radius 1 is 1.41 bits per heavy atom. The third kappa shape index (κ3) is 4.14. The van der Waals surface area contributed by atoms with Crippen LogP contribution in [0.3, 0.4) is 0 Å². The number of rotatable bonds is 5. The smallest absolute Gasteiger partial charge is 0.303 e. The van der Waals surface area contributed by atoms with Crippen molar-refractivity contribution in [3.8, 4) is 0 Å². The summed E-state index contributed by atoms with van der Waals surface area (Å²) >= 11 is 1.59. The molecule has 0 aliphatic carbocycles. The molecule has 0 spiro atoms. The Bertz CT molecular complexity index is 428. The van der Waals surface area contributed by atoms with Gasteiger partial charge in [0, 0.05) is 11.3 Å². The zero-order valence-corrected chi connectivity index (χ0v) is 10.9. The third-order valence-corrected chi connectivity index (χ3v) is 3.20. The quantitative estimate of drug-likeness (QED) is 0.842. The van der Waals surface area contributed by atoms with Gasteiger partial charge < -0.3 is 10.4 Å². The topological polar surface area (TPSA) is 79.3 Å². The fourth-order valence-electron chi connectivity index (χ4n) is 1.55. The number of hydrogen-bond acceptors (Lipinski definition) is 4. The predicted octanol–water partition coefficient (Wildman–Crippen LogP) is 1.80. The number of carbonyl (C=O) groups is 2. The van der Waals surface area contributed by atoms with E-state index in [2.05, 4.69) is 10.3 Å². The van der Waals surface area contributed by atoms with Crippen molar-refractivity contribution in [3.63, 3.8) is 0 Å². The number of carboxylic acids is 1. The van der Waals surface area contributed by atoms with Gasteiger partial charge in [-0.3, -0.25) is 9.59 Å². The van der Waals surface area contributed by atoms with Crippen LogP contribution in [0.2, 0.25) is 0 Å². The number of aryl methyl sites for hydroxylation is 2. The van der Waals surface area contributed by atoms with E-state index in [1.54, 1.807) is 11.3 Å². The first kappa shape index (κ1) is 13.6. The molecule has 0 radical (unpaired) electrons. The van der Waals surface area contributed by atoms with Crippen LogP contribution in [0.15, 0.2) is 0 Å². The average molecular weight is 256 g/mol. The van der Waals surface area contributed by atoms with E-state index in [4.69, 9.17) is 5.11 Å². The van der Waals surface area contributed by atoms with Gasteiger partial charge in [-0.05, 0) is 20.8 Å². The highest BCUT2D eigenvalue weighted by Gasteiger charge is 2.15. The lowest BCUT2D eigenvalue weighted by atomic mass is 10.2. The maximum Gasteiger partial charge on any atom is 0.303 e. The standard InChI is InChI=1S/C11H16N2O3S/c1-6(11-7(2)17-8(3)13-11)12-9(14)4-5-10(15)16/h6H,4-5H2,1-3H3,(H,12,14)(H,15,16)/t6-/m1/s1. The highest BCUT2D eigenvalue weighted by molar-refractivity contribution is 7.11. The van der Waals surface area contributed by atoms with E-state index in [0.29, 0.717) is 0 Å². The minimum Gasteiger partial charge on any atom is -0.481 e. The Labute approximate surface area is 104 Å². The van der Waals surface area contributed by atoms with E-state index in [9.17, 15) is 9.59 Å². The molecule has 0 saturated carbocycles. The molecule has 94 valence electrons. The molecule has 1 heterocycles. The van der Waals surface area contributed by atoms with Crippen molar-refractivity contribution >= 4 is 23.2 Å². The van der Waals surface area contributed by atoms with Crippen LogP contribution in [0.4, 0.5) is 0 Å². The number of carbonyl (C=O) groups excluding carboxylic acids is 1. The summed E-state index contributed by atoms with van der Waals surface area (Å²) in [6.45, 7) is 5.72. The van der Waals surface area contributed by atoms with E-state index in [-0.39, 0.29) is 24.8 Å².